The smallest absolute Gasteiger partial charge is 0.169 e. The molecule has 1 aliphatic heterocycles. The van der Waals surface area contributed by atoms with E-state index in [0.29, 0.717) is 0 Å². The maximum Gasteiger partial charge on any atom is 0.169 e. The van der Waals surface area contributed by atoms with Crippen LogP contribution in [-0.4, -0.2) is 11.7 Å². The van der Waals surface area contributed by atoms with Gasteiger partial charge in [0.15, 0.2) is 6.17 Å². The largest absolute Gasteiger partial charge is 0.456 e. The number of nitrogens with one attached hydrogen (secondary N) is 1. The molecular formula is C45H29N3O. The second-order valence-electron chi connectivity index (χ2n) is 12.6. The molecule has 49 heavy (non-hydrogen) atoms. The monoisotopic (exact) mass is 627 g/mol. The Morgan fingerprint density at radius 1 is 0.429 bits per heavy atom. The van der Waals surface area contributed by atoms with E-state index in [-0.39, 0.29) is 0 Å². The number of amidine groups is 2. The summed E-state index contributed by atoms with van der Waals surface area (Å²) in [5, 5.41) is 13.0. The van der Waals surface area contributed by atoms with Crippen molar-refractivity contribution in [1.29, 1.82) is 0 Å². The summed E-state index contributed by atoms with van der Waals surface area (Å²) in [4.78, 5) is 10.6. The van der Waals surface area contributed by atoms with Crippen LogP contribution in [0.3, 0.4) is 0 Å². The van der Waals surface area contributed by atoms with Gasteiger partial charge in [-0.1, -0.05) is 133 Å². The molecule has 1 aliphatic rings. The molecule has 0 radical (unpaired) electrons. The van der Waals surface area contributed by atoms with Gasteiger partial charge in [-0.25, -0.2) is 9.98 Å². The number of hydrogen-bond acceptors (Lipinski definition) is 4. The van der Waals surface area contributed by atoms with Crippen LogP contribution in [0.25, 0.3) is 65.4 Å². The quantitative estimate of drug-likeness (QED) is 0.197. The third-order valence-electron chi connectivity index (χ3n) is 9.68. The fourth-order valence-corrected chi connectivity index (χ4v) is 7.35. The van der Waals surface area contributed by atoms with Crippen molar-refractivity contribution in [3.05, 3.63) is 180 Å². The van der Waals surface area contributed by atoms with Crippen LogP contribution in [0.2, 0.25) is 0 Å². The molecule has 4 heteroatoms. The predicted molar refractivity (Wildman–Crippen MR) is 204 cm³/mol. The van der Waals surface area contributed by atoms with Crippen molar-refractivity contribution in [3.63, 3.8) is 0 Å². The number of nitrogens with zero attached hydrogens (tertiary/aromatic N) is 2. The van der Waals surface area contributed by atoms with E-state index >= 15 is 0 Å². The molecule has 2 heterocycles. The molecule has 4 nitrogen and oxygen atoms in total. The second-order valence-corrected chi connectivity index (χ2v) is 12.6. The van der Waals surface area contributed by atoms with E-state index < -0.39 is 6.17 Å². The van der Waals surface area contributed by atoms with E-state index in [9.17, 15) is 0 Å². The Morgan fingerprint density at radius 3 is 2.02 bits per heavy atom. The van der Waals surface area contributed by atoms with Crippen molar-refractivity contribution in [2.75, 3.05) is 0 Å². The van der Waals surface area contributed by atoms with E-state index in [0.717, 1.165) is 66.8 Å². The maximum absolute atomic E-state index is 6.23. The third kappa shape index (κ3) is 4.61. The minimum atomic E-state index is -0.455. The Balaban J connectivity index is 1.17. The summed E-state index contributed by atoms with van der Waals surface area (Å²) < 4.78 is 6.23. The van der Waals surface area contributed by atoms with Crippen molar-refractivity contribution >= 4 is 65.9 Å². The topological polar surface area (TPSA) is 49.9 Å². The molecule has 0 amide bonds. The van der Waals surface area contributed by atoms with E-state index in [2.05, 4.69) is 151 Å². The fraction of sp³-hybridized carbons (Fsp3) is 0.0222. The molecule has 0 aliphatic carbocycles. The van der Waals surface area contributed by atoms with Crippen LogP contribution in [0, 0.1) is 0 Å². The molecule has 1 atom stereocenters. The van der Waals surface area contributed by atoms with E-state index in [1.807, 2.05) is 18.2 Å². The molecule has 0 spiro atoms. The van der Waals surface area contributed by atoms with Crippen LogP contribution in [-0.2, 0) is 0 Å². The van der Waals surface area contributed by atoms with Gasteiger partial charge < -0.3 is 9.73 Å². The van der Waals surface area contributed by atoms with Gasteiger partial charge in [-0.05, 0) is 79.3 Å². The van der Waals surface area contributed by atoms with Gasteiger partial charge in [0.1, 0.15) is 22.8 Å². The first kappa shape index (κ1) is 27.6. The third-order valence-corrected chi connectivity index (χ3v) is 9.68. The molecule has 230 valence electrons. The lowest BCUT2D eigenvalue weighted by Crippen LogP contribution is -2.36. The van der Waals surface area contributed by atoms with E-state index in [1.165, 1.54) is 26.9 Å². The van der Waals surface area contributed by atoms with Crippen molar-refractivity contribution in [2.24, 2.45) is 9.98 Å². The SMILES string of the molecule is c1cc(-c2cccc3oc4ccccc4c23)cc(C2N=C(c3ccc4ccccc4c3)NC(c3cc4ccccc4c4ccccc34)=N2)c1. The predicted octanol–water partition coefficient (Wildman–Crippen LogP) is 11.2. The average Bonchev–Trinajstić information content (AvgIpc) is 3.56. The van der Waals surface area contributed by atoms with Crippen LogP contribution in [0.15, 0.2) is 178 Å². The number of rotatable bonds is 4. The zero-order valence-electron chi connectivity index (χ0n) is 26.5. The van der Waals surface area contributed by atoms with Gasteiger partial charge in [0.25, 0.3) is 0 Å². The van der Waals surface area contributed by atoms with Crippen LogP contribution in [0.4, 0.5) is 0 Å². The summed E-state index contributed by atoms with van der Waals surface area (Å²) in [5.41, 5.74) is 7.09. The molecule has 1 unspecified atom stereocenters. The van der Waals surface area contributed by atoms with Crippen molar-refractivity contribution in [1.82, 2.24) is 5.32 Å². The Kier molecular flexibility index (Phi) is 6.21. The average molecular weight is 628 g/mol. The minimum absolute atomic E-state index is 0.455. The Bertz CT molecular complexity index is 2820. The fourth-order valence-electron chi connectivity index (χ4n) is 7.35. The summed E-state index contributed by atoms with van der Waals surface area (Å²) in [5.74, 6) is 1.60. The number of fused-ring (bicyclic) bond motifs is 7. The van der Waals surface area contributed by atoms with Gasteiger partial charge in [0, 0.05) is 21.9 Å². The molecule has 8 aromatic carbocycles. The highest BCUT2D eigenvalue weighted by molar-refractivity contribution is 6.24. The highest BCUT2D eigenvalue weighted by Crippen LogP contribution is 2.38. The summed E-state index contributed by atoms with van der Waals surface area (Å²) in [6, 6.07) is 57.5. The zero-order valence-corrected chi connectivity index (χ0v) is 26.5. The lowest BCUT2D eigenvalue weighted by molar-refractivity contribution is 0.669. The number of aliphatic imine (C=N–C) groups is 2. The molecule has 9 aromatic rings. The first-order valence-corrected chi connectivity index (χ1v) is 16.6. The van der Waals surface area contributed by atoms with Gasteiger partial charge in [-0.15, -0.1) is 0 Å². The van der Waals surface area contributed by atoms with Gasteiger partial charge in [-0.2, -0.15) is 0 Å². The molecule has 0 fully saturated rings. The Morgan fingerprint density at radius 2 is 1.12 bits per heavy atom. The molecule has 0 saturated heterocycles. The maximum atomic E-state index is 6.23. The summed E-state index contributed by atoms with van der Waals surface area (Å²) in [6.45, 7) is 0. The lowest BCUT2D eigenvalue weighted by atomic mass is 9.95. The number of para-hydroxylation sites is 1. The van der Waals surface area contributed by atoms with Gasteiger partial charge >= 0.3 is 0 Å². The van der Waals surface area contributed by atoms with Gasteiger partial charge in [0.05, 0.1) is 0 Å². The second kappa shape index (κ2) is 11.0. The van der Waals surface area contributed by atoms with Crippen LogP contribution < -0.4 is 5.32 Å². The summed E-state index contributed by atoms with van der Waals surface area (Å²) >= 11 is 0. The number of hydrogen-bond donors (Lipinski definition) is 1. The number of furan rings is 1. The lowest BCUT2D eigenvalue weighted by Gasteiger charge is -2.24. The van der Waals surface area contributed by atoms with Crippen molar-refractivity contribution in [3.8, 4) is 11.1 Å². The molecule has 0 saturated carbocycles. The van der Waals surface area contributed by atoms with Crippen LogP contribution in [0.1, 0.15) is 22.9 Å². The van der Waals surface area contributed by atoms with Gasteiger partial charge in [0.2, 0.25) is 0 Å². The van der Waals surface area contributed by atoms with Crippen LogP contribution in [0.5, 0.6) is 0 Å². The van der Waals surface area contributed by atoms with Gasteiger partial charge in [-0.3, -0.25) is 0 Å². The standard InChI is InChI=1S/C45H29N3O/c1-2-12-29-25-33(24-23-28(29)11-1)44-46-43(47-45(48-44)39-27-31-13-3-4-16-34(31)36-17-5-6-18-37(36)39)32-15-9-14-30(26-32)35-20-10-22-41-42(35)38-19-7-8-21-40(38)49-41/h1-27,43H,(H,46,47,48). The van der Waals surface area contributed by atoms with E-state index in [1.54, 1.807) is 0 Å². The highest BCUT2D eigenvalue weighted by Gasteiger charge is 2.23. The summed E-state index contributed by atoms with van der Waals surface area (Å²) in [6.07, 6.45) is -0.455. The molecule has 10 rings (SSSR count). The first-order chi connectivity index (χ1) is 24.3. The summed E-state index contributed by atoms with van der Waals surface area (Å²) in [7, 11) is 0. The normalized spacial score (nSPS) is 14.7. The molecule has 0 bridgehead atoms. The highest BCUT2D eigenvalue weighted by atomic mass is 16.3. The molecule has 1 aromatic heterocycles. The minimum Gasteiger partial charge on any atom is -0.456 e. The molecular weight excluding hydrogens is 599 g/mol. The first-order valence-electron chi connectivity index (χ1n) is 16.6. The van der Waals surface area contributed by atoms with Crippen molar-refractivity contribution < 1.29 is 4.42 Å². The molecule has 1 N–H and O–H groups in total. The zero-order chi connectivity index (χ0) is 32.3. The van der Waals surface area contributed by atoms with Crippen LogP contribution >= 0.6 is 0 Å². The van der Waals surface area contributed by atoms with Crippen molar-refractivity contribution in [2.45, 2.75) is 6.17 Å². The number of benzene rings is 8. The Hall–Kier alpha value is -6.52. The Labute approximate surface area is 282 Å². The van der Waals surface area contributed by atoms with E-state index in [4.69, 9.17) is 14.4 Å².